The Kier molecular flexibility index (Phi) is 5.53. The van der Waals surface area contributed by atoms with Crippen LogP contribution in [0.25, 0.3) is 5.69 Å². The molecule has 8 nitrogen and oxygen atoms in total. The zero-order valence-corrected chi connectivity index (χ0v) is 14.7. The van der Waals surface area contributed by atoms with Gasteiger partial charge in [0.15, 0.2) is 0 Å². The molecule has 0 saturated heterocycles. The summed E-state index contributed by atoms with van der Waals surface area (Å²) in [6.45, 7) is 0.135. The molecule has 0 aliphatic heterocycles. The summed E-state index contributed by atoms with van der Waals surface area (Å²) in [4.78, 5) is 22.8. The first-order chi connectivity index (χ1) is 12.5. The van der Waals surface area contributed by atoms with Crippen molar-refractivity contribution < 1.29 is 10.0 Å². The van der Waals surface area contributed by atoms with Gasteiger partial charge in [-0.25, -0.2) is 0 Å². The summed E-state index contributed by atoms with van der Waals surface area (Å²) >= 11 is 6.24. The predicted octanol–water partition coefficient (Wildman–Crippen LogP) is 2.76. The summed E-state index contributed by atoms with van der Waals surface area (Å²) in [6, 6.07) is 5.66. The third-order valence-electron chi connectivity index (χ3n) is 4.72. The van der Waals surface area contributed by atoms with E-state index in [-0.39, 0.29) is 23.4 Å². The Morgan fingerprint density at radius 2 is 2.08 bits per heavy atom. The second-order valence-corrected chi connectivity index (χ2v) is 6.69. The van der Waals surface area contributed by atoms with Gasteiger partial charge >= 0.3 is 0 Å². The monoisotopic (exact) mass is 378 g/mol. The number of hydrogen-bond acceptors (Lipinski definition) is 6. The quantitative estimate of drug-likeness (QED) is 0.590. The molecule has 0 amide bonds. The van der Waals surface area contributed by atoms with Crippen LogP contribution in [0.2, 0.25) is 5.02 Å². The number of non-ortho nitro benzene ring substituents is 1. The number of nitro groups is 1. The summed E-state index contributed by atoms with van der Waals surface area (Å²) in [5.41, 5.74) is 0.294. The molecule has 1 saturated carbocycles. The van der Waals surface area contributed by atoms with Crippen LogP contribution in [-0.4, -0.2) is 32.5 Å². The van der Waals surface area contributed by atoms with Crippen molar-refractivity contribution in [1.82, 2.24) is 9.78 Å². The van der Waals surface area contributed by atoms with Gasteiger partial charge in [-0.05, 0) is 37.3 Å². The first-order valence-electron chi connectivity index (χ1n) is 8.41. The van der Waals surface area contributed by atoms with E-state index in [9.17, 15) is 14.9 Å². The van der Waals surface area contributed by atoms with Crippen molar-refractivity contribution in [2.75, 3.05) is 11.9 Å². The Bertz CT molecular complexity index is 853. The van der Waals surface area contributed by atoms with Crippen molar-refractivity contribution in [1.29, 1.82) is 0 Å². The molecule has 2 unspecified atom stereocenters. The summed E-state index contributed by atoms with van der Waals surface area (Å²) in [5.74, 6) is 0.341. The van der Waals surface area contributed by atoms with Gasteiger partial charge in [-0.1, -0.05) is 18.0 Å². The fourth-order valence-electron chi connectivity index (χ4n) is 3.37. The van der Waals surface area contributed by atoms with E-state index in [1.165, 1.54) is 30.5 Å². The number of benzene rings is 1. The maximum absolute atomic E-state index is 12.5. The van der Waals surface area contributed by atoms with Crippen LogP contribution in [0.3, 0.4) is 0 Å². The lowest BCUT2D eigenvalue weighted by Crippen LogP contribution is -2.28. The summed E-state index contributed by atoms with van der Waals surface area (Å²) < 4.78 is 1.11. The Morgan fingerprint density at radius 3 is 2.73 bits per heavy atom. The minimum atomic E-state index is -0.510. The zero-order chi connectivity index (χ0) is 18.7. The fraction of sp³-hybridized carbons (Fsp3) is 0.412. The maximum Gasteiger partial charge on any atom is 0.292 e. The van der Waals surface area contributed by atoms with E-state index in [1.807, 2.05) is 0 Å². The van der Waals surface area contributed by atoms with Gasteiger partial charge < -0.3 is 10.4 Å². The van der Waals surface area contributed by atoms with Gasteiger partial charge in [-0.15, -0.1) is 0 Å². The molecule has 3 rings (SSSR count). The molecule has 2 atom stereocenters. The van der Waals surface area contributed by atoms with Crippen LogP contribution < -0.4 is 10.9 Å². The predicted molar refractivity (Wildman–Crippen MR) is 98.0 cm³/mol. The number of halogens is 1. The van der Waals surface area contributed by atoms with Gasteiger partial charge in [0.25, 0.3) is 11.2 Å². The molecular weight excluding hydrogens is 360 g/mol. The molecule has 26 heavy (non-hydrogen) atoms. The number of nitrogens with one attached hydrogen (secondary N) is 1. The minimum absolute atomic E-state index is 0.0213. The van der Waals surface area contributed by atoms with Crippen LogP contribution in [0.4, 0.5) is 11.4 Å². The average molecular weight is 379 g/mol. The minimum Gasteiger partial charge on any atom is -0.396 e. The Balaban J connectivity index is 1.84. The zero-order valence-electron chi connectivity index (χ0n) is 14.0. The van der Waals surface area contributed by atoms with Crippen LogP contribution >= 0.6 is 11.6 Å². The first kappa shape index (κ1) is 18.3. The highest BCUT2D eigenvalue weighted by atomic mass is 35.5. The molecule has 2 aromatic rings. The number of aromatic nitrogens is 2. The molecule has 138 valence electrons. The van der Waals surface area contributed by atoms with E-state index in [0.717, 1.165) is 23.9 Å². The SMILES string of the molecule is O=c1c(Cl)c(NC2CCCC2CCO)cnn1-c1ccc([N+](=O)[O-])cc1. The van der Waals surface area contributed by atoms with E-state index < -0.39 is 10.5 Å². The third-order valence-corrected chi connectivity index (χ3v) is 5.09. The third kappa shape index (κ3) is 3.71. The van der Waals surface area contributed by atoms with E-state index in [2.05, 4.69) is 10.4 Å². The van der Waals surface area contributed by atoms with Crippen LogP contribution in [0.15, 0.2) is 35.3 Å². The summed E-state index contributed by atoms with van der Waals surface area (Å²) in [6.07, 6.45) is 5.24. The van der Waals surface area contributed by atoms with Crippen molar-refractivity contribution in [3.05, 3.63) is 56.0 Å². The second-order valence-electron chi connectivity index (χ2n) is 6.32. The van der Waals surface area contributed by atoms with Crippen LogP contribution in [0.1, 0.15) is 25.7 Å². The number of aliphatic hydroxyl groups excluding tert-OH is 1. The summed E-state index contributed by atoms with van der Waals surface area (Å²) in [5, 5.41) is 27.3. The topological polar surface area (TPSA) is 110 Å². The number of aliphatic hydroxyl groups is 1. The number of nitrogens with zero attached hydrogens (tertiary/aromatic N) is 3. The van der Waals surface area contributed by atoms with Gasteiger partial charge in [0.2, 0.25) is 0 Å². The van der Waals surface area contributed by atoms with E-state index in [0.29, 0.717) is 23.7 Å². The van der Waals surface area contributed by atoms with E-state index in [1.54, 1.807) is 0 Å². The maximum atomic E-state index is 12.5. The van der Waals surface area contributed by atoms with Crippen molar-refractivity contribution in [3.8, 4) is 5.69 Å². The van der Waals surface area contributed by atoms with Gasteiger partial charge in [0.05, 0.1) is 22.5 Å². The van der Waals surface area contributed by atoms with Crippen LogP contribution in [0.5, 0.6) is 0 Å². The molecule has 1 aliphatic carbocycles. The highest BCUT2D eigenvalue weighted by Crippen LogP contribution is 2.31. The highest BCUT2D eigenvalue weighted by Gasteiger charge is 2.27. The molecule has 1 heterocycles. The lowest BCUT2D eigenvalue weighted by Gasteiger charge is -2.22. The van der Waals surface area contributed by atoms with Gasteiger partial charge in [-0.2, -0.15) is 9.78 Å². The van der Waals surface area contributed by atoms with Crippen molar-refractivity contribution in [3.63, 3.8) is 0 Å². The fourth-order valence-corrected chi connectivity index (χ4v) is 3.55. The van der Waals surface area contributed by atoms with Crippen LogP contribution in [-0.2, 0) is 0 Å². The molecule has 1 aliphatic rings. The smallest absolute Gasteiger partial charge is 0.292 e. The molecule has 0 bridgehead atoms. The molecule has 0 spiro atoms. The summed E-state index contributed by atoms with van der Waals surface area (Å²) in [7, 11) is 0. The molecule has 1 aromatic carbocycles. The lowest BCUT2D eigenvalue weighted by atomic mass is 10.00. The Morgan fingerprint density at radius 1 is 1.35 bits per heavy atom. The molecular formula is C17H19ClN4O4. The lowest BCUT2D eigenvalue weighted by molar-refractivity contribution is -0.384. The Hall–Kier alpha value is -2.45. The van der Waals surface area contributed by atoms with Gasteiger partial charge in [0, 0.05) is 24.8 Å². The highest BCUT2D eigenvalue weighted by molar-refractivity contribution is 6.33. The molecule has 1 aromatic heterocycles. The molecule has 2 N–H and O–H groups in total. The first-order valence-corrected chi connectivity index (χ1v) is 8.79. The standard InChI is InChI=1S/C17H19ClN4O4/c18-16-15(20-14-3-1-2-11(14)8-9-23)10-19-21(17(16)24)12-4-6-13(7-5-12)22(25)26/h4-7,10-11,14,20,23H,1-3,8-9H2. The largest absolute Gasteiger partial charge is 0.396 e. The number of anilines is 1. The van der Waals surface area contributed by atoms with Crippen molar-refractivity contribution in [2.24, 2.45) is 5.92 Å². The van der Waals surface area contributed by atoms with Gasteiger partial charge in [0.1, 0.15) is 5.02 Å². The van der Waals surface area contributed by atoms with Crippen molar-refractivity contribution in [2.45, 2.75) is 31.7 Å². The van der Waals surface area contributed by atoms with Crippen molar-refractivity contribution >= 4 is 23.0 Å². The second kappa shape index (κ2) is 7.84. The Labute approximate surface area is 154 Å². The molecule has 0 radical (unpaired) electrons. The number of nitro benzene ring substituents is 1. The molecule has 9 heteroatoms. The molecule has 1 fully saturated rings. The average Bonchev–Trinajstić information content (AvgIpc) is 3.06. The van der Waals surface area contributed by atoms with Crippen LogP contribution in [0, 0.1) is 16.0 Å². The number of hydrogen-bond donors (Lipinski definition) is 2. The number of rotatable bonds is 6. The van der Waals surface area contributed by atoms with E-state index >= 15 is 0 Å². The normalized spacial score (nSPS) is 19.5. The van der Waals surface area contributed by atoms with E-state index in [4.69, 9.17) is 16.7 Å². The van der Waals surface area contributed by atoms with Gasteiger partial charge in [-0.3, -0.25) is 14.9 Å².